The van der Waals surface area contributed by atoms with Gasteiger partial charge in [-0.3, -0.25) is 4.79 Å². The monoisotopic (exact) mass is 265 g/mol. The lowest BCUT2D eigenvalue weighted by Crippen LogP contribution is -2.33. The summed E-state index contributed by atoms with van der Waals surface area (Å²) in [6.07, 6.45) is 1.49. The van der Waals surface area contributed by atoms with Crippen LogP contribution in [0, 0.1) is 0 Å². The Kier molecular flexibility index (Phi) is 3.96. The average molecular weight is 265 g/mol. The third-order valence-electron chi connectivity index (χ3n) is 2.93. The minimum absolute atomic E-state index is 0.162. The van der Waals surface area contributed by atoms with Crippen molar-refractivity contribution >= 4 is 17.6 Å². The molecule has 1 aromatic heterocycles. The lowest BCUT2D eigenvalue weighted by Gasteiger charge is -2.12. The molecule has 2 atom stereocenters. The molecule has 1 aromatic rings. The second kappa shape index (κ2) is 5.66. The van der Waals surface area contributed by atoms with Crippen molar-refractivity contribution in [2.45, 2.75) is 25.0 Å². The van der Waals surface area contributed by atoms with Crippen LogP contribution in [0.5, 0.6) is 0 Å². The average Bonchev–Trinajstić information content (AvgIpc) is 2.85. The molecule has 1 saturated heterocycles. The lowest BCUT2D eigenvalue weighted by atomic mass is 10.2. The fraction of sp³-hybridized carbons (Fsp3) is 0.417. The zero-order chi connectivity index (χ0) is 13.8. The minimum Gasteiger partial charge on any atom is -0.479 e. The highest BCUT2D eigenvalue weighted by molar-refractivity contribution is 5.96. The third-order valence-corrected chi connectivity index (χ3v) is 2.93. The number of amides is 1. The molecule has 1 fully saturated rings. The Hall–Kier alpha value is -2.15. The van der Waals surface area contributed by atoms with Crippen molar-refractivity contribution in [2.75, 3.05) is 12.3 Å². The highest BCUT2D eigenvalue weighted by Crippen LogP contribution is 2.19. The van der Waals surface area contributed by atoms with Crippen LogP contribution in [-0.4, -0.2) is 40.7 Å². The van der Waals surface area contributed by atoms with E-state index >= 15 is 0 Å². The van der Waals surface area contributed by atoms with Gasteiger partial charge in [0, 0.05) is 12.7 Å². The highest BCUT2D eigenvalue weighted by Gasteiger charge is 2.30. The number of aliphatic carboxylic acids is 1. The number of carbonyl (C=O) groups is 2. The zero-order valence-electron chi connectivity index (χ0n) is 10.2. The summed E-state index contributed by atoms with van der Waals surface area (Å²) in [5.41, 5.74) is 6.10. The topological polar surface area (TPSA) is 115 Å². The predicted molar refractivity (Wildman–Crippen MR) is 66.5 cm³/mol. The summed E-state index contributed by atoms with van der Waals surface area (Å²) in [5, 5.41) is 11.4. The molecule has 2 unspecified atom stereocenters. The number of nitrogens with two attached hydrogens (primary N) is 1. The van der Waals surface area contributed by atoms with E-state index in [0.29, 0.717) is 18.5 Å². The van der Waals surface area contributed by atoms with Gasteiger partial charge in [-0.05, 0) is 25.0 Å². The van der Waals surface area contributed by atoms with E-state index < -0.39 is 12.1 Å². The maximum atomic E-state index is 11.8. The van der Waals surface area contributed by atoms with Crippen LogP contribution in [0.1, 0.15) is 23.3 Å². The molecule has 0 aromatic carbocycles. The van der Waals surface area contributed by atoms with Crippen LogP contribution in [0.15, 0.2) is 18.3 Å². The molecular formula is C12H15N3O4. The Morgan fingerprint density at radius 3 is 2.95 bits per heavy atom. The number of aromatic nitrogens is 1. The van der Waals surface area contributed by atoms with Crippen LogP contribution in [0.2, 0.25) is 0 Å². The summed E-state index contributed by atoms with van der Waals surface area (Å²) < 4.78 is 5.27. The second-order valence-corrected chi connectivity index (χ2v) is 4.31. The van der Waals surface area contributed by atoms with E-state index in [0.717, 1.165) is 0 Å². The van der Waals surface area contributed by atoms with Gasteiger partial charge in [-0.15, -0.1) is 0 Å². The van der Waals surface area contributed by atoms with Crippen LogP contribution < -0.4 is 11.1 Å². The van der Waals surface area contributed by atoms with E-state index in [4.69, 9.17) is 15.6 Å². The maximum Gasteiger partial charge on any atom is 0.332 e. The Bertz CT molecular complexity index is 492. The number of carboxylic acid groups (broad SMARTS) is 1. The number of hydrogen-bond acceptors (Lipinski definition) is 5. The largest absolute Gasteiger partial charge is 0.479 e. The van der Waals surface area contributed by atoms with Crippen molar-refractivity contribution in [1.82, 2.24) is 10.3 Å². The first kappa shape index (κ1) is 13.3. The summed E-state index contributed by atoms with van der Waals surface area (Å²) in [4.78, 5) is 26.4. The fourth-order valence-electron chi connectivity index (χ4n) is 1.94. The molecule has 1 aliphatic heterocycles. The number of nitrogen functional groups attached to an aromatic ring is 1. The fourth-order valence-corrected chi connectivity index (χ4v) is 1.94. The van der Waals surface area contributed by atoms with E-state index in [9.17, 15) is 9.59 Å². The van der Waals surface area contributed by atoms with E-state index in [1.54, 1.807) is 12.1 Å². The summed E-state index contributed by atoms with van der Waals surface area (Å²) in [7, 11) is 0. The van der Waals surface area contributed by atoms with Crippen molar-refractivity contribution in [3.8, 4) is 0 Å². The molecule has 7 heteroatoms. The SMILES string of the molecule is Nc1cccnc1C(=O)NCC1CCC(C(=O)O)O1. The van der Waals surface area contributed by atoms with Gasteiger partial charge in [-0.1, -0.05) is 0 Å². The van der Waals surface area contributed by atoms with E-state index in [2.05, 4.69) is 10.3 Å². The zero-order valence-corrected chi connectivity index (χ0v) is 10.2. The number of carboxylic acids is 1. The number of hydrogen-bond donors (Lipinski definition) is 3. The van der Waals surface area contributed by atoms with Gasteiger partial charge in [0.25, 0.3) is 5.91 Å². The van der Waals surface area contributed by atoms with Crippen LogP contribution in [0.25, 0.3) is 0 Å². The molecule has 0 bridgehead atoms. The van der Waals surface area contributed by atoms with Crippen LogP contribution >= 0.6 is 0 Å². The first-order chi connectivity index (χ1) is 9.08. The van der Waals surface area contributed by atoms with Gasteiger partial charge in [0.05, 0.1) is 11.8 Å². The third kappa shape index (κ3) is 3.19. The van der Waals surface area contributed by atoms with Crippen LogP contribution in [0.4, 0.5) is 5.69 Å². The van der Waals surface area contributed by atoms with Crippen LogP contribution in [0.3, 0.4) is 0 Å². The Balaban J connectivity index is 1.85. The normalized spacial score (nSPS) is 22.1. The standard InChI is InChI=1S/C12H15N3O4/c13-8-2-1-5-14-10(8)11(16)15-6-7-3-4-9(19-7)12(17)18/h1-2,5,7,9H,3-4,6,13H2,(H,15,16)(H,17,18). The number of nitrogens with zero attached hydrogens (tertiary/aromatic N) is 1. The number of pyridine rings is 1. The molecule has 0 spiro atoms. The molecule has 19 heavy (non-hydrogen) atoms. The number of anilines is 1. The second-order valence-electron chi connectivity index (χ2n) is 4.31. The number of carbonyl (C=O) groups excluding carboxylic acids is 1. The quantitative estimate of drug-likeness (QED) is 0.707. The molecule has 2 rings (SSSR count). The molecule has 2 heterocycles. The Morgan fingerprint density at radius 1 is 1.53 bits per heavy atom. The van der Waals surface area contributed by atoms with Crippen molar-refractivity contribution in [3.05, 3.63) is 24.0 Å². The van der Waals surface area contributed by atoms with Gasteiger partial charge in [0.1, 0.15) is 0 Å². The summed E-state index contributed by atoms with van der Waals surface area (Å²) in [6, 6.07) is 3.23. The molecule has 1 amide bonds. The van der Waals surface area contributed by atoms with Crippen molar-refractivity contribution in [2.24, 2.45) is 0 Å². The first-order valence-electron chi connectivity index (χ1n) is 5.95. The molecule has 102 valence electrons. The maximum absolute atomic E-state index is 11.8. The molecule has 0 radical (unpaired) electrons. The van der Waals surface area contributed by atoms with E-state index in [1.807, 2.05) is 0 Å². The molecular weight excluding hydrogens is 250 g/mol. The minimum atomic E-state index is -0.970. The summed E-state index contributed by atoms with van der Waals surface area (Å²) >= 11 is 0. The number of ether oxygens (including phenoxy) is 1. The lowest BCUT2D eigenvalue weighted by molar-refractivity contribution is -0.149. The van der Waals surface area contributed by atoms with Crippen molar-refractivity contribution in [3.63, 3.8) is 0 Å². The van der Waals surface area contributed by atoms with Gasteiger partial charge < -0.3 is 20.9 Å². The van der Waals surface area contributed by atoms with Gasteiger partial charge in [0.2, 0.25) is 0 Å². The molecule has 0 aliphatic carbocycles. The predicted octanol–water partition coefficient (Wildman–Crippen LogP) is 0.0258. The van der Waals surface area contributed by atoms with Gasteiger partial charge >= 0.3 is 5.97 Å². The Morgan fingerprint density at radius 2 is 2.32 bits per heavy atom. The smallest absolute Gasteiger partial charge is 0.332 e. The molecule has 0 saturated carbocycles. The van der Waals surface area contributed by atoms with E-state index in [1.165, 1.54) is 6.20 Å². The summed E-state index contributed by atoms with van der Waals surface area (Å²) in [6.45, 7) is 0.249. The molecule has 4 N–H and O–H groups in total. The van der Waals surface area contributed by atoms with Crippen molar-refractivity contribution < 1.29 is 19.4 Å². The Labute approximate surface area is 109 Å². The van der Waals surface area contributed by atoms with Gasteiger partial charge in [0.15, 0.2) is 11.8 Å². The van der Waals surface area contributed by atoms with Gasteiger partial charge in [-0.25, -0.2) is 9.78 Å². The van der Waals surface area contributed by atoms with E-state index in [-0.39, 0.29) is 24.2 Å². The summed E-state index contributed by atoms with van der Waals surface area (Å²) in [5.74, 6) is -1.36. The van der Waals surface area contributed by atoms with Crippen molar-refractivity contribution in [1.29, 1.82) is 0 Å². The van der Waals surface area contributed by atoms with Crippen LogP contribution in [-0.2, 0) is 9.53 Å². The molecule has 1 aliphatic rings. The highest BCUT2D eigenvalue weighted by atomic mass is 16.5. The molecule has 7 nitrogen and oxygen atoms in total. The first-order valence-corrected chi connectivity index (χ1v) is 5.95. The number of nitrogens with one attached hydrogen (secondary N) is 1. The number of rotatable bonds is 4. The van der Waals surface area contributed by atoms with Gasteiger partial charge in [-0.2, -0.15) is 0 Å².